The lowest BCUT2D eigenvalue weighted by Gasteiger charge is -2.13. The highest BCUT2D eigenvalue weighted by molar-refractivity contribution is 7.91. The van der Waals surface area contributed by atoms with Crippen molar-refractivity contribution in [1.82, 2.24) is 0 Å². The highest BCUT2D eigenvalue weighted by Crippen LogP contribution is 2.15. The van der Waals surface area contributed by atoms with E-state index in [-0.39, 0.29) is 12.2 Å². The summed E-state index contributed by atoms with van der Waals surface area (Å²) in [5, 5.41) is -0.555. The van der Waals surface area contributed by atoms with E-state index in [1.807, 2.05) is 13.0 Å². The van der Waals surface area contributed by atoms with Crippen LogP contribution in [0.3, 0.4) is 0 Å². The van der Waals surface area contributed by atoms with Crippen LogP contribution in [0.1, 0.15) is 36.5 Å². The molecule has 1 rings (SSSR count). The largest absolute Gasteiger partial charge is 0.294 e. The molecule has 1 aromatic rings. The molecule has 4 heteroatoms. The van der Waals surface area contributed by atoms with Crippen LogP contribution in [0.25, 0.3) is 0 Å². The van der Waals surface area contributed by atoms with E-state index in [1.165, 1.54) is 6.26 Å². The standard InChI is InChI=1S/C13H18O3S/c1-3-7-12(17(2,15)16)10-13(14)11-8-5-4-6-9-11/h4-6,8-9,12H,3,7,10H2,1-2H3/t12-/m0/s1. The van der Waals surface area contributed by atoms with Crippen molar-refractivity contribution in [3.05, 3.63) is 35.9 Å². The van der Waals surface area contributed by atoms with Gasteiger partial charge in [-0.3, -0.25) is 4.79 Å². The lowest BCUT2D eigenvalue weighted by atomic mass is 10.0. The number of hydrogen-bond donors (Lipinski definition) is 0. The number of benzene rings is 1. The zero-order valence-corrected chi connectivity index (χ0v) is 11.0. The topological polar surface area (TPSA) is 51.2 Å². The Morgan fingerprint density at radius 2 is 1.82 bits per heavy atom. The third kappa shape index (κ3) is 4.30. The Kier molecular flexibility index (Phi) is 4.87. The van der Waals surface area contributed by atoms with Gasteiger partial charge in [0.05, 0.1) is 5.25 Å². The Balaban J connectivity index is 2.79. The summed E-state index contributed by atoms with van der Waals surface area (Å²) in [6.07, 6.45) is 2.58. The van der Waals surface area contributed by atoms with E-state index < -0.39 is 15.1 Å². The average Bonchev–Trinajstić information content (AvgIpc) is 2.28. The van der Waals surface area contributed by atoms with Crippen molar-refractivity contribution in [3.63, 3.8) is 0 Å². The Morgan fingerprint density at radius 1 is 1.24 bits per heavy atom. The molecule has 0 heterocycles. The van der Waals surface area contributed by atoms with Crippen molar-refractivity contribution in [1.29, 1.82) is 0 Å². The molecule has 0 aliphatic heterocycles. The fraction of sp³-hybridized carbons (Fsp3) is 0.462. The van der Waals surface area contributed by atoms with Crippen LogP contribution >= 0.6 is 0 Å². The van der Waals surface area contributed by atoms with Crippen LogP contribution in [0, 0.1) is 0 Å². The molecule has 0 N–H and O–H groups in total. The van der Waals surface area contributed by atoms with E-state index in [4.69, 9.17) is 0 Å². The van der Waals surface area contributed by atoms with Gasteiger partial charge >= 0.3 is 0 Å². The molecule has 0 saturated heterocycles. The van der Waals surface area contributed by atoms with Crippen LogP contribution in [-0.4, -0.2) is 25.7 Å². The van der Waals surface area contributed by atoms with Crippen molar-refractivity contribution in [2.45, 2.75) is 31.4 Å². The Hall–Kier alpha value is -1.16. The van der Waals surface area contributed by atoms with Gasteiger partial charge in [0.15, 0.2) is 15.6 Å². The van der Waals surface area contributed by atoms with Crippen molar-refractivity contribution < 1.29 is 13.2 Å². The fourth-order valence-electron chi connectivity index (χ4n) is 1.74. The minimum atomic E-state index is -3.15. The van der Waals surface area contributed by atoms with Crippen LogP contribution in [-0.2, 0) is 9.84 Å². The summed E-state index contributed by atoms with van der Waals surface area (Å²) in [6, 6.07) is 8.82. The molecule has 0 saturated carbocycles. The average molecular weight is 254 g/mol. The minimum absolute atomic E-state index is 0.0800. The van der Waals surface area contributed by atoms with Gasteiger partial charge in [0, 0.05) is 18.2 Å². The minimum Gasteiger partial charge on any atom is -0.294 e. The number of Topliss-reactive ketones (excluding diaryl/α,β-unsaturated/α-hetero) is 1. The van der Waals surface area contributed by atoms with Gasteiger partial charge in [0.25, 0.3) is 0 Å². The summed E-state index contributed by atoms with van der Waals surface area (Å²) in [5.41, 5.74) is 0.581. The normalized spacial score (nSPS) is 13.3. The first-order chi connectivity index (χ1) is 7.95. The molecule has 0 aliphatic carbocycles. The number of carbonyl (C=O) groups is 1. The molecule has 0 bridgehead atoms. The van der Waals surface area contributed by atoms with E-state index in [9.17, 15) is 13.2 Å². The van der Waals surface area contributed by atoms with E-state index >= 15 is 0 Å². The molecule has 3 nitrogen and oxygen atoms in total. The smallest absolute Gasteiger partial charge is 0.164 e. The first-order valence-electron chi connectivity index (χ1n) is 5.72. The first-order valence-corrected chi connectivity index (χ1v) is 7.67. The molecule has 0 amide bonds. The van der Waals surface area contributed by atoms with Gasteiger partial charge in [0.1, 0.15) is 0 Å². The summed E-state index contributed by atoms with van der Waals surface area (Å²) in [7, 11) is -3.15. The molecule has 0 radical (unpaired) electrons. The molecule has 0 fully saturated rings. The first kappa shape index (κ1) is 13.9. The van der Waals surface area contributed by atoms with E-state index in [2.05, 4.69) is 0 Å². The van der Waals surface area contributed by atoms with E-state index in [0.29, 0.717) is 12.0 Å². The maximum atomic E-state index is 11.9. The molecule has 1 atom stereocenters. The number of hydrogen-bond acceptors (Lipinski definition) is 3. The van der Waals surface area contributed by atoms with Gasteiger partial charge in [-0.05, 0) is 6.42 Å². The molecule has 0 unspecified atom stereocenters. The van der Waals surface area contributed by atoms with Crippen molar-refractivity contribution in [2.75, 3.05) is 6.26 Å². The second-order valence-electron chi connectivity index (χ2n) is 4.23. The summed E-state index contributed by atoms with van der Waals surface area (Å²) < 4.78 is 23.1. The van der Waals surface area contributed by atoms with Crippen LogP contribution in [0.2, 0.25) is 0 Å². The summed E-state index contributed by atoms with van der Waals surface area (Å²) in [5.74, 6) is -0.102. The van der Waals surface area contributed by atoms with Crippen LogP contribution in [0.15, 0.2) is 30.3 Å². The van der Waals surface area contributed by atoms with Gasteiger partial charge < -0.3 is 0 Å². The SMILES string of the molecule is CCC[C@@H](CC(=O)c1ccccc1)S(C)(=O)=O. The van der Waals surface area contributed by atoms with Gasteiger partial charge in [-0.2, -0.15) is 0 Å². The van der Waals surface area contributed by atoms with Gasteiger partial charge in [-0.1, -0.05) is 43.7 Å². The van der Waals surface area contributed by atoms with Crippen molar-refractivity contribution in [3.8, 4) is 0 Å². The molecular weight excluding hydrogens is 236 g/mol. The number of sulfone groups is 1. The summed E-state index contributed by atoms with van der Waals surface area (Å²) in [6.45, 7) is 1.92. The second kappa shape index (κ2) is 5.96. The molecule has 17 heavy (non-hydrogen) atoms. The number of ketones is 1. The van der Waals surface area contributed by atoms with Crippen LogP contribution < -0.4 is 0 Å². The summed E-state index contributed by atoms with van der Waals surface area (Å²) in [4.78, 5) is 11.9. The molecule has 0 aromatic heterocycles. The predicted molar refractivity (Wildman–Crippen MR) is 68.9 cm³/mol. The fourth-order valence-corrected chi connectivity index (χ4v) is 2.86. The molecule has 0 spiro atoms. The molecule has 94 valence electrons. The van der Waals surface area contributed by atoms with Crippen molar-refractivity contribution >= 4 is 15.6 Å². The zero-order valence-electron chi connectivity index (χ0n) is 10.2. The summed E-state index contributed by atoms with van der Waals surface area (Å²) >= 11 is 0. The Bertz CT molecular complexity index is 463. The quantitative estimate of drug-likeness (QED) is 0.733. The van der Waals surface area contributed by atoms with Gasteiger partial charge in [-0.15, -0.1) is 0 Å². The Morgan fingerprint density at radius 3 is 2.29 bits per heavy atom. The molecular formula is C13H18O3S. The van der Waals surface area contributed by atoms with Crippen LogP contribution in [0.5, 0.6) is 0 Å². The zero-order chi connectivity index (χ0) is 12.9. The maximum Gasteiger partial charge on any atom is 0.164 e. The number of carbonyl (C=O) groups excluding carboxylic acids is 1. The van der Waals surface area contributed by atoms with E-state index in [0.717, 1.165) is 6.42 Å². The third-order valence-electron chi connectivity index (χ3n) is 2.72. The lowest BCUT2D eigenvalue weighted by Crippen LogP contribution is -2.23. The van der Waals surface area contributed by atoms with Gasteiger partial charge in [0.2, 0.25) is 0 Å². The second-order valence-corrected chi connectivity index (χ2v) is 6.56. The molecule has 1 aromatic carbocycles. The monoisotopic (exact) mass is 254 g/mol. The highest BCUT2D eigenvalue weighted by Gasteiger charge is 2.23. The third-order valence-corrected chi connectivity index (χ3v) is 4.34. The van der Waals surface area contributed by atoms with Crippen LogP contribution in [0.4, 0.5) is 0 Å². The van der Waals surface area contributed by atoms with E-state index in [1.54, 1.807) is 24.3 Å². The van der Waals surface area contributed by atoms with Gasteiger partial charge in [-0.25, -0.2) is 8.42 Å². The Labute approximate surface area is 103 Å². The predicted octanol–water partition coefficient (Wildman–Crippen LogP) is 2.47. The van der Waals surface area contributed by atoms with Crippen molar-refractivity contribution in [2.24, 2.45) is 0 Å². The number of rotatable bonds is 6. The molecule has 0 aliphatic rings. The maximum absolute atomic E-state index is 11.9. The highest BCUT2D eigenvalue weighted by atomic mass is 32.2. The lowest BCUT2D eigenvalue weighted by molar-refractivity contribution is 0.0980.